The molecule has 2 aliphatic carbocycles. The predicted molar refractivity (Wildman–Crippen MR) is 38.4 cm³/mol. The van der Waals surface area contributed by atoms with Gasteiger partial charge < -0.3 is 0 Å². The molecule has 3 atom stereocenters. The molecule has 0 heterocycles. The minimum atomic E-state index is 0.351. The van der Waals surface area contributed by atoms with Gasteiger partial charge in [-0.1, -0.05) is 11.5 Å². The largest absolute Gasteiger partial charge is 0.0903 e. The highest BCUT2D eigenvalue weighted by Gasteiger charge is 2.38. The van der Waals surface area contributed by atoms with E-state index in [1.807, 2.05) is 0 Å². The fraction of sp³-hybridized carbons (Fsp3) is 1.00. The number of rotatable bonds is 1. The van der Waals surface area contributed by atoms with Crippen LogP contribution in [0.4, 0.5) is 0 Å². The van der Waals surface area contributed by atoms with Gasteiger partial charge in [0.1, 0.15) is 0 Å². The zero-order valence-electron chi connectivity index (χ0n) is 5.90. The summed E-state index contributed by atoms with van der Waals surface area (Å²) in [6, 6.07) is 0.351. The van der Waals surface area contributed by atoms with Crippen LogP contribution in [-0.2, 0) is 0 Å². The molecule has 0 aromatic rings. The van der Waals surface area contributed by atoms with Crippen molar-refractivity contribution in [2.24, 2.45) is 17.0 Å². The van der Waals surface area contributed by atoms with E-state index in [1.54, 1.807) is 0 Å². The predicted octanol–water partition coefficient (Wildman–Crippen LogP) is 2.49. The second-order valence-corrected chi connectivity index (χ2v) is 3.45. The zero-order valence-corrected chi connectivity index (χ0v) is 5.90. The summed E-state index contributed by atoms with van der Waals surface area (Å²) in [5, 5.41) is 3.79. The SMILES string of the molecule is [N-]=[N+]=N[C@H]1CC2CCC1C2. The van der Waals surface area contributed by atoms with Crippen LogP contribution in [0.3, 0.4) is 0 Å². The van der Waals surface area contributed by atoms with E-state index >= 15 is 0 Å². The molecule has 0 N–H and O–H groups in total. The van der Waals surface area contributed by atoms with Crippen molar-refractivity contribution in [3.8, 4) is 0 Å². The summed E-state index contributed by atoms with van der Waals surface area (Å²) in [6.07, 6.45) is 5.16. The summed E-state index contributed by atoms with van der Waals surface area (Å²) < 4.78 is 0. The van der Waals surface area contributed by atoms with Crippen LogP contribution in [0.2, 0.25) is 0 Å². The Kier molecular flexibility index (Phi) is 1.31. The average molecular weight is 137 g/mol. The molecule has 0 aromatic heterocycles. The molecular weight excluding hydrogens is 126 g/mol. The van der Waals surface area contributed by atoms with Crippen LogP contribution < -0.4 is 0 Å². The Morgan fingerprint density at radius 1 is 1.30 bits per heavy atom. The Morgan fingerprint density at radius 2 is 2.20 bits per heavy atom. The van der Waals surface area contributed by atoms with Crippen LogP contribution >= 0.6 is 0 Å². The van der Waals surface area contributed by atoms with Crippen molar-refractivity contribution >= 4 is 0 Å². The maximum absolute atomic E-state index is 8.21. The van der Waals surface area contributed by atoms with Crippen molar-refractivity contribution < 1.29 is 0 Å². The molecule has 3 nitrogen and oxygen atoms in total. The normalized spacial score (nSPS) is 43.4. The monoisotopic (exact) mass is 137 g/mol. The molecule has 0 aromatic carbocycles. The smallest absolute Gasteiger partial charge is 0.0405 e. The van der Waals surface area contributed by atoms with Gasteiger partial charge >= 0.3 is 0 Å². The van der Waals surface area contributed by atoms with Crippen molar-refractivity contribution in [3.63, 3.8) is 0 Å². The van der Waals surface area contributed by atoms with E-state index in [2.05, 4.69) is 10.0 Å². The van der Waals surface area contributed by atoms with Gasteiger partial charge in [0.15, 0.2) is 0 Å². The van der Waals surface area contributed by atoms with Crippen LogP contribution in [0.1, 0.15) is 25.7 Å². The highest BCUT2D eigenvalue weighted by atomic mass is 15.2. The van der Waals surface area contributed by atoms with Gasteiger partial charge in [0.05, 0.1) is 0 Å². The highest BCUT2D eigenvalue weighted by molar-refractivity contribution is 4.94. The van der Waals surface area contributed by atoms with E-state index in [1.165, 1.54) is 19.3 Å². The summed E-state index contributed by atoms with van der Waals surface area (Å²) in [6.45, 7) is 0. The number of azide groups is 1. The van der Waals surface area contributed by atoms with Gasteiger partial charge in [-0.25, -0.2) is 0 Å². The van der Waals surface area contributed by atoms with E-state index in [-0.39, 0.29) is 0 Å². The zero-order chi connectivity index (χ0) is 6.97. The Bertz CT molecular complexity index is 183. The first-order chi connectivity index (χ1) is 4.90. The lowest BCUT2D eigenvalue weighted by atomic mass is 9.96. The fourth-order valence-corrected chi connectivity index (χ4v) is 2.42. The molecule has 54 valence electrons. The van der Waals surface area contributed by atoms with Crippen molar-refractivity contribution in [2.75, 3.05) is 0 Å². The third-order valence-corrected chi connectivity index (χ3v) is 2.90. The molecule has 0 amide bonds. The lowest BCUT2D eigenvalue weighted by Gasteiger charge is -2.15. The van der Waals surface area contributed by atoms with E-state index in [0.29, 0.717) is 6.04 Å². The Balaban J connectivity index is 2.08. The number of hydrogen-bond acceptors (Lipinski definition) is 1. The first kappa shape index (κ1) is 6.05. The fourth-order valence-electron chi connectivity index (χ4n) is 2.42. The van der Waals surface area contributed by atoms with Gasteiger partial charge in [-0.05, 0) is 36.6 Å². The topological polar surface area (TPSA) is 48.8 Å². The van der Waals surface area contributed by atoms with Gasteiger partial charge in [0, 0.05) is 11.0 Å². The van der Waals surface area contributed by atoms with Gasteiger partial charge in [-0.3, -0.25) is 0 Å². The molecular formula is C7H11N3. The van der Waals surface area contributed by atoms with Crippen LogP contribution in [0.25, 0.3) is 10.4 Å². The maximum atomic E-state index is 8.21. The average Bonchev–Trinajstić information content (AvgIpc) is 2.48. The number of hydrogen-bond donors (Lipinski definition) is 0. The summed E-state index contributed by atoms with van der Waals surface area (Å²) in [7, 11) is 0. The standard InChI is InChI=1S/C7H11N3/c8-10-9-7-4-5-1-2-6(7)3-5/h5-7H,1-4H2/t5?,6?,7-/m0/s1. The molecule has 10 heavy (non-hydrogen) atoms. The molecule has 2 bridgehead atoms. The molecule has 3 heteroatoms. The molecule has 2 aliphatic rings. The summed E-state index contributed by atoms with van der Waals surface area (Å²) in [4.78, 5) is 2.86. The van der Waals surface area contributed by atoms with Crippen LogP contribution in [0.15, 0.2) is 5.11 Å². The Morgan fingerprint density at radius 3 is 2.70 bits per heavy atom. The molecule has 0 radical (unpaired) electrons. The molecule has 0 saturated heterocycles. The van der Waals surface area contributed by atoms with E-state index in [0.717, 1.165) is 18.3 Å². The minimum absolute atomic E-state index is 0.351. The third-order valence-electron chi connectivity index (χ3n) is 2.90. The van der Waals surface area contributed by atoms with Gasteiger partial charge in [-0.15, -0.1) is 0 Å². The van der Waals surface area contributed by atoms with E-state index in [9.17, 15) is 0 Å². The van der Waals surface area contributed by atoms with E-state index < -0.39 is 0 Å². The van der Waals surface area contributed by atoms with Crippen LogP contribution in [0.5, 0.6) is 0 Å². The molecule has 0 aliphatic heterocycles. The van der Waals surface area contributed by atoms with Crippen molar-refractivity contribution in [2.45, 2.75) is 31.7 Å². The van der Waals surface area contributed by atoms with Gasteiger partial charge in [0.2, 0.25) is 0 Å². The first-order valence-electron chi connectivity index (χ1n) is 3.94. The van der Waals surface area contributed by atoms with Crippen molar-refractivity contribution in [3.05, 3.63) is 10.4 Å². The van der Waals surface area contributed by atoms with Gasteiger partial charge in [0.25, 0.3) is 0 Å². The maximum Gasteiger partial charge on any atom is 0.0405 e. The highest BCUT2D eigenvalue weighted by Crippen LogP contribution is 2.45. The summed E-state index contributed by atoms with van der Waals surface area (Å²) in [5.41, 5.74) is 8.21. The van der Waals surface area contributed by atoms with Gasteiger partial charge in [-0.2, -0.15) is 0 Å². The van der Waals surface area contributed by atoms with Crippen LogP contribution in [-0.4, -0.2) is 6.04 Å². The molecule has 2 unspecified atom stereocenters. The summed E-state index contributed by atoms with van der Waals surface area (Å²) >= 11 is 0. The van der Waals surface area contributed by atoms with Crippen molar-refractivity contribution in [1.82, 2.24) is 0 Å². The lowest BCUT2D eigenvalue weighted by molar-refractivity contribution is 0.417. The quantitative estimate of drug-likeness (QED) is 0.303. The Hall–Kier alpha value is -0.690. The third kappa shape index (κ3) is 0.781. The minimum Gasteiger partial charge on any atom is -0.0903 e. The number of fused-ring (bicyclic) bond motifs is 2. The lowest BCUT2D eigenvalue weighted by Crippen LogP contribution is -2.12. The van der Waals surface area contributed by atoms with Crippen molar-refractivity contribution in [1.29, 1.82) is 0 Å². The van der Waals surface area contributed by atoms with Crippen LogP contribution in [0, 0.1) is 11.8 Å². The first-order valence-corrected chi connectivity index (χ1v) is 3.94. The second-order valence-electron chi connectivity index (χ2n) is 3.45. The molecule has 2 rings (SSSR count). The van der Waals surface area contributed by atoms with E-state index in [4.69, 9.17) is 5.53 Å². The molecule has 2 saturated carbocycles. The second kappa shape index (κ2) is 2.17. The Labute approximate surface area is 60.1 Å². The number of nitrogens with zero attached hydrogens (tertiary/aromatic N) is 3. The molecule has 2 fully saturated rings. The molecule has 0 spiro atoms. The summed E-state index contributed by atoms with van der Waals surface area (Å²) in [5.74, 6) is 1.63.